The monoisotopic (exact) mass is 746 g/mol. The predicted octanol–water partition coefficient (Wildman–Crippen LogP) is 15.5. The number of rotatable bonds is 32. The zero-order valence-electron chi connectivity index (χ0n) is 27.9. The van der Waals surface area contributed by atoms with Crippen LogP contribution in [0.25, 0.3) is 0 Å². The van der Waals surface area contributed by atoms with Crippen LogP contribution in [0.15, 0.2) is 0 Å². The fraction of sp³-hybridized carbons (Fsp3) is 1.00. The van der Waals surface area contributed by atoms with E-state index in [1.54, 1.807) is 0 Å². The Bertz CT molecular complexity index is 367. The van der Waals surface area contributed by atoms with Gasteiger partial charge in [0.2, 0.25) is 0 Å². The zero-order chi connectivity index (χ0) is 29.8. The SMILES string of the molecule is CCCCCCCCSP([S-])SCCCCCCCC.CCCCCCCCSP([S-])SCCCCCCCC.[Ca+2]. The first kappa shape index (κ1) is 49.6. The van der Waals surface area contributed by atoms with Crippen LogP contribution in [0.3, 0.4) is 0 Å². The molecule has 9 heteroatoms. The van der Waals surface area contributed by atoms with Crippen LogP contribution < -0.4 is 0 Å². The van der Waals surface area contributed by atoms with Crippen molar-refractivity contribution in [1.29, 1.82) is 0 Å². The van der Waals surface area contributed by atoms with Crippen molar-refractivity contribution in [2.24, 2.45) is 0 Å². The Morgan fingerprint density at radius 1 is 0.317 bits per heavy atom. The summed E-state index contributed by atoms with van der Waals surface area (Å²) in [5, 5.41) is 0. The summed E-state index contributed by atoms with van der Waals surface area (Å²) >= 11 is 19.4. The van der Waals surface area contributed by atoms with Gasteiger partial charge in [-0.15, -0.1) is 56.6 Å². The Labute approximate surface area is 319 Å². The second kappa shape index (κ2) is 46.3. The van der Waals surface area contributed by atoms with Gasteiger partial charge in [-0.25, -0.2) is 0 Å². The number of hydrogen-bond acceptors (Lipinski definition) is 6. The fourth-order valence-corrected chi connectivity index (χ4v) is 16.7. The molecule has 0 aliphatic rings. The molecule has 244 valence electrons. The molecule has 0 aromatic heterocycles. The van der Waals surface area contributed by atoms with E-state index in [2.05, 4.69) is 73.2 Å². The van der Waals surface area contributed by atoms with Gasteiger partial charge in [0.1, 0.15) is 0 Å². The average Bonchev–Trinajstić information content (AvgIpc) is 2.95. The maximum absolute atomic E-state index is 5.57. The van der Waals surface area contributed by atoms with Gasteiger partial charge in [0.25, 0.3) is 0 Å². The Morgan fingerprint density at radius 3 is 0.683 bits per heavy atom. The quantitative estimate of drug-likeness (QED) is 0.0289. The van der Waals surface area contributed by atoms with Crippen molar-refractivity contribution in [1.82, 2.24) is 0 Å². The molecule has 0 fully saturated rings. The molecule has 0 heterocycles. The molecular formula is C32H68CaP2S6. The van der Waals surface area contributed by atoms with Crippen molar-refractivity contribution in [3.8, 4) is 0 Å². The molecule has 0 amide bonds. The topological polar surface area (TPSA) is 0 Å². The van der Waals surface area contributed by atoms with Gasteiger partial charge < -0.3 is 24.5 Å². The van der Waals surface area contributed by atoms with Gasteiger partial charge in [-0.3, -0.25) is 0 Å². The minimum absolute atomic E-state index is 0. The van der Waals surface area contributed by atoms with Crippen molar-refractivity contribution in [3.05, 3.63) is 0 Å². The molecule has 0 rings (SSSR count). The molecule has 41 heavy (non-hydrogen) atoms. The van der Waals surface area contributed by atoms with Crippen LogP contribution in [0.2, 0.25) is 0 Å². The van der Waals surface area contributed by atoms with E-state index < -0.39 is 0 Å². The van der Waals surface area contributed by atoms with Crippen LogP contribution in [0.1, 0.15) is 182 Å². The molecule has 0 unspecified atom stereocenters. The van der Waals surface area contributed by atoms with Crippen molar-refractivity contribution < 1.29 is 0 Å². The largest absolute Gasteiger partial charge is 2.00 e. The smallest absolute Gasteiger partial charge is 0.737 e. The predicted molar refractivity (Wildman–Crippen MR) is 218 cm³/mol. The molecule has 0 radical (unpaired) electrons. The van der Waals surface area contributed by atoms with Crippen LogP contribution in [0, 0.1) is 0 Å². The van der Waals surface area contributed by atoms with Crippen molar-refractivity contribution >= 4 is 119 Å². The Morgan fingerprint density at radius 2 is 0.488 bits per heavy atom. The number of hydrogen-bond donors (Lipinski definition) is 0. The Balaban J connectivity index is -0.000000688. The molecule has 0 N–H and O–H groups in total. The van der Waals surface area contributed by atoms with E-state index in [0.29, 0.717) is 0 Å². The molecule has 0 aliphatic heterocycles. The Kier molecular flexibility index (Phi) is 56.1. The Hall–Kier alpha value is 4.22. The molecule has 0 nitrogen and oxygen atoms in total. The summed E-state index contributed by atoms with van der Waals surface area (Å²) < 4.78 is 0. The van der Waals surface area contributed by atoms with Gasteiger partial charge in [0.05, 0.1) is 0 Å². The van der Waals surface area contributed by atoms with Gasteiger partial charge >= 0.3 is 37.7 Å². The molecule has 0 bridgehead atoms. The van der Waals surface area contributed by atoms with E-state index in [1.165, 1.54) is 177 Å². The maximum atomic E-state index is 5.57. The average molecular weight is 747 g/mol. The first-order chi connectivity index (χ1) is 19.6. The standard InChI is InChI=1S/2C16H34PS3.Ca/c2*1-3-5-7-9-11-13-15-19-17(18)20-16-14-12-10-8-6-4-2;/h2*3-16H2,1-2H3;/q2*-1;+2. The zero-order valence-corrected chi connectivity index (χ0v) is 36.7. The van der Waals surface area contributed by atoms with Crippen molar-refractivity contribution in [2.75, 3.05) is 23.0 Å². The summed E-state index contributed by atoms with van der Waals surface area (Å²) in [6, 6.07) is 0. The maximum Gasteiger partial charge on any atom is 2.00 e. The summed E-state index contributed by atoms with van der Waals surface area (Å²) in [6.45, 7) is 9.12. The molecule has 0 aliphatic carbocycles. The molecule has 0 spiro atoms. The summed E-state index contributed by atoms with van der Waals surface area (Å²) in [6.07, 6.45) is 33.6. The second-order valence-corrected chi connectivity index (χ2v) is 28.2. The fourth-order valence-electron chi connectivity index (χ4n) is 4.16. The summed E-state index contributed by atoms with van der Waals surface area (Å²) in [5.74, 6) is 5.19. The summed E-state index contributed by atoms with van der Waals surface area (Å²) in [5.41, 5.74) is -0.438. The van der Waals surface area contributed by atoms with Gasteiger partial charge in [0.15, 0.2) is 0 Å². The van der Waals surface area contributed by atoms with E-state index >= 15 is 0 Å². The van der Waals surface area contributed by atoms with Crippen LogP contribution in [-0.4, -0.2) is 60.7 Å². The molecule has 0 saturated carbocycles. The molecular weight excluding hydrogens is 679 g/mol. The molecule has 0 saturated heterocycles. The number of unbranched alkanes of at least 4 members (excludes halogenated alkanes) is 20. The first-order valence-corrected chi connectivity index (χ1v) is 28.2. The van der Waals surface area contributed by atoms with Crippen LogP contribution in [-0.2, 0) is 24.5 Å². The summed E-state index contributed by atoms with van der Waals surface area (Å²) in [7, 11) is 0. The third kappa shape index (κ3) is 48.7. The van der Waals surface area contributed by atoms with Crippen molar-refractivity contribution in [3.63, 3.8) is 0 Å². The third-order valence-corrected chi connectivity index (χ3v) is 21.8. The minimum atomic E-state index is -0.219. The van der Waals surface area contributed by atoms with Gasteiger partial charge in [0, 0.05) is 0 Å². The van der Waals surface area contributed by atoms with E-state index in [9.17, 15) is 0 Å². The molecule has 0 aromatic carbocycles. The van der Waals surface area contributed by atoms with Crippen LogP contribution in [0.4, 0.5) is 0 Å². The van der Waals surface area contributed by atoms with Gasteiger partial charge in [-0.1, -0.05) is 156 Å². The van der Waals surface area contributed by atoms with Gasteiger partial charge in [-0.05, 0) is 48.7 Å². The van der Waals surface area contributed by atoms with Crippen LogP contribution >= 0.6 is 56.6 Å². The molecule has 0 atom stereocenters. The van der Waals surface area contributed by atoms with E-state index in [-0.39, 0.29) is 48.8 Å². The van der Waals surface area contributed by atoms with Gasteiger partial charge in [-0.2, -0.15) is 0 Å². The third-order valence-electron chi connectivity index (χ3n) is 6.78. The summed E-state index contributed by atoms with van der Waals surface area (Å²) in [4.78, 5) is 0. The van der Waals surface area contributed by atoms with Crippen molar-refractivity contribution in [2.45, 2.75) is 182 Å². The van der Waals surface area contributed by atoms with Crippen LogP contribution in [0.5, 0.6) is 0 Å². The van der Waals surface area contributed by atoms with E-state index in [4.69, 9.17) is 24.5 Å². The van der Waals surface area contributed by atoms with E-state index in [1.807, 2.05) is 0 Å². The minimum Gasteiger partial charge on any atom is -0.737 e. The van der Waals surface area contributed by atoms with E-state index in [0.717, 1.165) is 0 Å². The first-order valence-electron chi connectivity index (χ1n) is 17.1. The normalized spacial score (nSPS) is 11.1. The molecule has 0 aromatic rings. The second-order valence-electron chi connectivity index (χ2n) is 10.9.